The van der Waals surface area contributed by atoms with Crippen LogP contribution in [-0.4, -0.2) is 12.1 Å². The smallest absolute Gasteiger partial charge is 0.115 e. The zero-order valence-corrected chi connectivity index (χ0v) is 14.2. The Labute approximate surface area is 132 Å². The minimum absolute atomic E-state index is 0.535. The Morgan fingerprint density at radius 3 is 1.90 bits per heavy atom. The fourth-order valence-electron chi connectivity index (χ4n) is 2.55. The minimum Gasteiger partial charge on any atom is -0.245 e. The van der Waals surface area contributed by atoms with E-state index in [-0.39, 0.29) is 0 Å². The van der Waals surface area contributed by atoms with Gasteiger partial charge in [0.25, 0.3) is 0 Å². The van der Waals surface area contributed by atoms with Crippen molar-refractivity contribution in [2.24, 2.45) is 15.9 Å². The monoisotopic (exact) mass is 290 g/mol. The van der Waals surface area contributed by atoms with Gasteiger partial charge in [0, 0.05) is 17.8 Å². The Morgan fingerprint density at radius 1 is 0.905 bits per heavy atom. The molecule has 0 N–H and O–H groups in total. The third kappa shape index (κ3) is 11.2. The van der Waals surface area contributed by atoms with E-state index in [2.05, 4.69) is 37.0 Å². The molecule has 0 spiro atoms. The molecule has 2 nitrogen and oxygen atoms in total. The predicted molar refractivity (Wildman–Crippen MR) is 97.3 cm³/mol. The maximum atomic E-state index is 4.47. The Bertz CT molecular complexity index is 304. The largest absolute Gasteiger partial charge is 0.245 e. The third-order valence-electron chi connectivity index (χ3n) is 3.82. The van der Waals surface area contributed by atoms with E-state index in [4.69, 9.17) is 0 Å². The highest BCUT2D eigenvalue weighted by Crippen LogP contribution is 2.20. The molecule has 0 aliphatic rings. The van der Waals surface area contributed by atoms with Crippen molar-refractivity contribution < 1.29 is 0 Å². The molecule has 2 heteroatoms. The van der Waals surface area contributed by atoms with E-state index in [1.54, 1.807) is 6.34 Å². The SMILES string of the molecule is C=CN=CN=C(C=C)C(CCCCCC)CCCCCC. The van der Waals surface area contributed by atoms with Crippen molar-refractivity contribution in [1.82, 2.24) is 0 Å². The average molecular weight is 290 g/mol. The van der Waals surface area contributed by atoms with Crippen LogP contribution in [0, 0.1) is 5.92 Å². The van der Waals surface area contributed by atoms with E-state index in [0.717, 1.165) is 5.71 Å². The normalized spacial score (nSPS) is 12.2. The Kier molecular flexibility index (Phi) is 14.4. The highest BCUT2D eigenvalue weighted by atomic mass is 14.8. The van der Waals surface area contributed by atoms with E-state index < -0.39 is 0 Å². The minimum atomic E-state index is 0.535. The highest BCUT2D eigenvalue weighted by molar-refractivity contribution is 6.00. The van der Waals surface area contributed by atoms with E-state index in [1.165, 1.54) is 70.4 Å². The molecule has 0 unspecified atom stereocenters. The van der Waals surface area contributed by atoms with Crippen molar-refractivity contribution in [3.63, 3.8) is 0 Å². The van der Waals surface area contributed by atoms with Gasteiger partial charge >= 0.3 is 0 Å². The van der Waals surface area contributed by atoms with Crippen molar-refractivity contribution >= 4 is 12.1 Å². The molecule has 0 bridgehead atoms. The van der Waals surface area contributed by atoms with Crippen molar-refractivity contribution in [2.75, 3.05) is 0 Å². The highest BCUT2D eigenvalue weighted by Gasteiger charge is 2.13. The van der Waals surface area contributed by atoms with Crippen LogP contribution in [0.25, 0.3) is 0 Å². The summed E-state index contributed by atoms with van der Waals surface area (Å²) in [5, 5.41) is 0. The lowest BCUT2D eigenvalue weighted by atomic mass is 9.90. The van der Waals surface area contributed by atoms with Gasteiger partial charge in [-0.05, 0) is 18.9 Å². The third-order valence-corrected chi connectivity index (χ3v) is 3.82. The molecule has 0 amide bonds. The number of nitrogens with zero attached hydrogens (tertiary/aromatic N) is 2. The van der Waals surface area contributed by atoms with Crippen LogP contribution in [0.1, 0.15) is 78.1 Å². The maximum absolute atomic E-state index is 4.47. The van der Waals surface area contributed by atoms with Gasteiger partial charge in [0.15, 0.2) is 0 Å². The van der Waals surface area contributed by atoms with Gasteiger partial charge < -0.3 is 0 Å². The van der Waals surface area contributed by atoms with Crippen LogP contribution in [0.3, 0.4) is 0 Å². The van der Waals surface area contributed by atoms with Gasteiger partial charge in [-0.3, -0.25) is 0 Å². The lowest BCUT2D eigenvalue weighted by Crippen LogP contribution is -2.13. The van der Waals surface area contributed by atoms with Crippen LogP contribution >= 0.6 is 0 Å². The lowest BCUT2D eigenvalue weighted by Gasteiger charge is -2.16. The second kappa shape index (κ2) is 15.2. The molecule has 0 fully saturated rings. The predicted octanol–water partition coefficient (Wildman–Crippen LogP) is 6.34. The summed E-state index contributed by atoms with van der Waals surface area (Å²) in [6.45, 7) is 12.0. The first kappa shape index (κ1) is 19.8. The van der Waals surface area contributed by atoms with E-state index >= 15 is 0 Å². The molecule has 0 atom stereocenters. The van der Waals surface area contributed by atoms with Crippen LogP contribution in [0.5, 0.6) is 0 Å². The first-order chi connectivity index (χ1) is 10.3. The molecule has 0 aromatic rings. The van der Waals surface area contributed by atoms with Gasteiger partial charge in [-0.2, -0.15) is 0 Å². The summed E-state index contributed by atoms with van der Waals surface area (Å²) in [5.74, 6) is 0.535. The number of hydrogen-bond acceptors (Lipinski definition) is 1. The number of rotatable bonds is 14. The van der Waals surface area contributed by atoms with Crippen molar-refractivity contribution in [3.05, 3.63) is 25.4 Å². The summed E-state index contributed by atoms with van der Waals surface area (Å²) in [6.07, 6.45) is 17.9. The van der Waals surface area contributed by atoms with Crippen LogP contribution in [-0.2, 0) is 0 Å². The van der Waals surface area contributed by atoms with Gasteiger partial charge in [-0.15, -0.1) is 0 Å². The van der Waals surface area contributed by atoms with Crippen LogP contribution < -0.4 is 0 Å². The van der Waals surface area contributed by atoms with Gasteiger partial charge in [0.05, 0.1) is 0 Å². The molecule has 21 heavy (non-hydrogen) atoms. The molecule has 120 valence electrons. The second-order valence-corrected chi connectivity index (χ2v) is 5.60. The topological polar surface area (TPSA) is 24.7 Å². The lowest BCUT2D eigenvalue weighted by molar-refractivity contribution is 0.495. The number of hydrogen-bond donors (Lipinski definition) is 0. The molecule has 0 saturated heterocycles. The van der Waals surface area contributed by atoms with Crippen molar-refractivity contribution in [2.45, 2.75) is 78.1 Å². The molecule has 0 aromatic carbocycles. The second-order valence-electron chi connectivity index (χ2n) is 5.60. The number of aliphatic imine (C=N–C) groups is 2. The Balaban J connectivity index is 4.49. The molecular weight excluding hydrogens is 256 g/mol. The van der Waals surface area contributed by atoms with Gasteiger partial charge in [0.2, 0.25) is 0 Å². The first-order valence-electron chi connectivity index (χ1n) is 8.62. The fraction of sp³-hybridized carbons (Fsp3) is 0.684. The van der Waals surface area contributed by atoms with Gasteiger partial charge in [-0.25, -0.2) is 9.98 Å². The summed E-state index contributed by atoms with van der Waals surface area (Å²) in [6, 6.07) is 0. The molecule has 0 rings (SSSR count). The summed E-state index contributed by atoms with van der Waals surface area (Å²) in [7, 11) is 0. The summed E-state index contributed by atoms with van der Waals surface area (Å²) in [5.41, 5.74) is 1.09. The van der Waals surface area contributed by atoms with E-state index in [0.29, 0.717) is 5.92 Å². The van der Waals surface area contributed by atoms with Crippen LogP contribution in [0.2, 0.25) is 0 Å². The Morgan fingerprint density at radius 2 is 1.48 bits per heavy atom. The maximum Gasteiger partial charge on any atom is 0.115 e. The van der Waals surface area contributed by atoms with Crippen molar-refractivity contribution in [3.8, 4) is 0 Å². The zero-order chi connectivity index (χ0) is 15.8. The van der Waals surface area contributed by atoms with E-state index in [9.17, 15) is 0 Å². The summed E-state index contributed by atoms with van der Waals surface area (Å²) < 4.78 is 0. The fourth-order valence-corrected chi connectivity index (χ4v) is 2.55. The van der Waals surface area contributed by atoms with Gasteiger partial charge in [-0.1, -0.05) is 78.4 Å². The average Bonchev–Trinajstić information content (AvgIpc) is 2.50. The first-order valence-corrected chi connectivity index (χ1v) is 8.62. The number of allylic oxidation sites excluding steroid dienone is 1. The molecule has 0 saturated carbocycles. The summed E-state index contributed by atoms with van der Waals surface area (Å²) in [4.78, 5) is 8.43. The number of unbranched alkanes of at least 4 members (excludes halogenated alkanes) is 6. The van der Waals surface area contributed by atoms with Crippen molar-refractivity contribution in [1.29, 1.82) is 0 Å². The van der Waals surface area contributed by atoms with Crippen LogP contribution in [0.15, 0.2) is 35.4 Å². The molecule has 0 radical (unpaired) electrons. The molecule has 0 heterocycles. The Hall–Kier alpha value is -1.18. The van der Waals surface area contributed by atoms with E-state index in [1.807, 2.05) is 6.08 Å². The standard InChI is InChI=1S/C19H34N2/c1-5-9-11-13-15-18(16-14-12-10-6-2)19(7-3)21-17-20-8-4/h7-8,17-18H,3-6,9-16H2,1-2H3. The molecule has 0 aromatic heterocycles. The molecular formula is C19H34N2. The summed E-state index contributed by atoms with van der Waals surface area (Å²) >= 11 is 0. The van der Waals surface area contributed by atoms with Crippen LogP contribution in [0.4, 0.5) is 0 Å². The molecule has 0 aliphatic carbocycles. The zero-order valence-electron chi connectivity index (χ0n) is 14.2. The quantitative estimate of drug-likeness (QED) is 0.202. The van der Waals surface area contributed by atoms with Gasteiger partial charge in [0.1, 0.15) is 6.34 Å². The molecule has 0 aliphatic heterocycles.